The summed E-state index contributed by atoms with van der Waals surface area (Å²) >= 11 is 0. The second-order valence-electron chi connectivity index (χ2n) is 16.6. The highest BCUT2D eigenvalue weighted by molar-refractivity contribution is 5.76. The van der Waals surface area contributed by atoms with Gasteiger partial charge >= 0.3 is 0 Å². The summed E-state index contributed by atoms with van der Waals surface area (Å²) in [6, 6.07) is -0.797. The van der Waals surface area contributed by atoms with Crippen LogP contribution in [0.5, 0.6) is 0 Å². The third-order valence-electron chi connectivity index (χ3n) is 11.4. The molecule has 9 heteroatoms. The number of unbranched alkanes of at least 4 members (excludes halogenated alkanes) is 29. The van der Waals surface area contributed by atoms with E-state index in [1.165, 1.54) is 161 Å². The van der Waals surface area contributed by atoms with Gasteiger partial charge in [-0.15, -0.1) is 0 Å². The number of nitrogens with one attached hydrogen (secondary N) is 1. The zero-order chi connectivity index (χ0) is 40.2. The number of carbonyl (C=O) groups excluding carboxylic acids is 1. The fourth-order valence-corrected chi connectivity index (χ4v) is 7.57. The molecule has 0 aromatic heterocycles. The Morgan fingerprint density at radius 2 is 1.00 bits per heavy atom. The lowest BCUT2D eigenvalue weighted by Crippen LogP contribution is -2.60. The van der Waals surface area contributed by atoms with E-state index in [2.05, 4.69) is 19.2 Å². The Balaban J connectivity index is 2.29. The molecule has 7 atom stereocenters. The molecule has 1 heterocycles. The first-order chi connectivity index (χ1) is 26.8. The molecule has 1 saturated heterocycles. The Kier molecular flexibility index (Phi) is 35.2. The average Bonchev–Trinajstić information content (AvgIpc) is 3.18. The monoisotopic (exact) mass is 784 g/mol. The summed E-state index contributed by atoms with van der Waals surface area (Å²) in [4.78, 5) is 12.9. The summed E-state index contributed by atoms with van der Waals surface area (Å²) in [7, 11) is 0. The van der Waals surface area contributed by atoms with Crippen LogP contribution in [0, 0.1) is 0 Å². The Morgan fingerprint density at radius 1 is 0.600 bits per heavy atom. The molecule has 0 aliphatic carbocycles. The summed E-state index contributed by atoms with van der Waals surface area (Å²) in [5.41, 5.74) is 0. The van der Waals surface area contributed by atoms with Crippen molar-refractivity contribution in [3.63, 3.8) is 0 Å². The van der Waals surface area contributed by atoms with Crippen LogP contribution in [0.4, 0.5) is 0 Å². The zero-order valence-corrected chi connectivity index (χ0v) is 35.7. The van der Waals surface area contributed by atoms with Crippen molar-refractivity contribution in [2.24, 2.45) is 0 Å². The first-order valence-corrected chi connectivity index (χ1v) is 23.4. The largest absolute Gasteiger partial charge is 0.394 e. The van der Waals surface area contributed by atoms with Crippen LogP contribution >= 0.6 is 0 Å². The van der Waals surface area contributed by atoms with Gasteiger partial charge in [-0.2, -0.15) is 0 Å². The topological polar surface area (TPSA) is 149 Å². The van der Waals surface area contributed by atoms with Gasteiger partial charge in [0.05, 0.1) is 25.4 Å². The minimum atomic E-state index is -1.56. The van der Waals surface area contributed by atoms with Crippen molar-refractivity contribution in [3.05, 3.63) is 12.2 Å². The molecule has 6 N–H and O–H groups in total. The van der Waals surface area contributed by atoms with Crippen LogP contribution in [0.2, 0.25) is 0 Å². The normalized spacial score (nSPS) is 21.3. The van der Waals surface area contributed by atoms with E-state index in [-0.39, 0.29) is 12.5 Å². The summed E-state index contributed by atoms with van der Waals surface area (Å²) in [6.45, 7) is 3.78. The lowest BCUT2D eigenvalue weighted by atomic mass is 9.99. The Hall–Kier alpha value is -1.07. The number of aliphatic hydroxyl groups excluding tert-OH is 5. The second-order valence-corrected chi connectivity index (χ2v) is 16.6. The Morgan fingerprint density at radius 3 is 1.42 bits per heavy atom. The van der Waals surface area contributed by atoms with E-state index in [1.54, 1.807) is 6.08 Å². The smallest absolute Gasteiger partial charge is 0.220 e. The molecule has 2 unspecified atom stereocenters. The van der Waals surface area contributed by atoms with Crippen LogP contribution in [0.1, 0.15) is 219 Å². The fourth-order valence-electron chi connectivity index (χ4n) is 7.57. The molecule has 0 aromatic carbocycles. The van der Waals surface area contributed by atoms with E-state index in [4.69, 9.17) is 9.47 Å². The Labute approximate surface area is 337 Å². The highest BCUT2D eigenvalue weighted by atomic mass is 16.7. The van der Waals surface area contributed by atoms with E-state index < -0.39 is 49.5 Å². The number of hydrogen-bond donors (Lipinski definition) is 6. The molecule has 1 aliphatic rings. The molecule has 0 bridgehead atoms. The highest BCUT2D eigenvalue weighted by Crippen LogP contribution is 2.23. The van der Waals surface area contributed by atoms with Crippen molar-refractivity contribution in [1.82, 2.24) is 5.32 Å². The fraction of sp³-hybridized carbons (Fsp3) is 0.935. The highest BCUT2D eigenvalue weighted by Gasteiger charge is 2.44. The summed E-state index contributed by atoms with van der Waals surface area (Å²) in [5.74, 6) is -0.174. The quantitative estimate of drug-likeness (QED) is 0.0267. The molecule has 0 saturated carbocycles. The van der Waals surface area contributed by atoms with Crippen LogP contribution in [0.3, 0.4) is 0 Å². The molecular formula is C46H89NO8. The van der Waals surface area contributed by atoms with Crippen molar-refractivity contribution in [3.8, 4) is 0 Å². The van der Waals surface area contributed by atoms with Crippen LogP contribution in [-0.2, 0) is 14.3 Å². The molecule has 326 valence electrons. The number of amides is 1. The average molecular weight is 784 g/mol. The molecule has 1 amide bonds. The van der Waals surface area contributed by atoms with Crippen molar-refractivity contribution < 1.29 is 39.8 Å². The minimum Gasteiger partial charge on any atom is -0.394 e. The molecule has 55 heavy (non-hydrogen) atoms. The standard InChI is InChI=1S/C46H89NO8/c1-3-5-7-9-11-13-15-17-18-19-20-21-22-23-24-26-28-30-32-34-36-42(50)47-39(38-54-46-45(53)44(52)43(51)41(37-48)55-46)40(49)35-33-31-29-27-25-16-14-12-10-8-6-4-2/h33,35,39-41,43-46,48-49,51-53H,3-32,34,36-38H2,1-2H3,(H,47,50)/b35-33+/t39-,40+,41+,43+,44?,45?,46+/m0/s1. The molecule has 0 spiro atoms. The van der Waals surface area contributed by atoms with Gasteiger partial charge in [-0.1, -0.05) is 206 Å². The molecule has 1 aliphatic heterocycles. The predicted molar refractivity (Wildman–Crippen MR) is 226 cm³/mol. The predicted octanol–water partition coefficient (Wildman–Crippen LogP) is 9.73. The van der Waals surface area contributed by atoms with Gasteiger partial charge in [0.25, 0.3) is 0 Å². The van der Waals surface area contributed by atoms with Crippen LogP contribution in [0.15, 0.2) is 12.2 Å². The van der Waals surface area contributed by atoms with Crippen molar-refractivity contribution in [2.45, 2.75) is 262 Å². The van der Waals surface area contributed by atoms with Gasteiger partial charge in [-0.3, -0.25) is 4.79 Å². The number of ether oxygens (including phenoxy) is 2. The van der Waals surface area contributed by atoms with Crippen LogP contribution < -0.4 is 5.32 Å². The Bertz CT molecular complexity index is 873. The van der Waals surface area contributed by atoms with Gasteiger partial charge in [-0.25, -0.2) is 0 Å². The van der Waals surface area contributed by atoms with Gasteiger partial charge in [0.1, 0.15) is 24.4 Å². The number of aliphatic hydroxyl groups is 5. The van der Waals surface area contributed by atoms with E-state index in [0.29, 0.717) is 6.42 Å². The lowest BCUT2D eigenvalue weighted by molar-refractivity contribution is -0.302. The maximum Gasteiger partial charge on any atom is 0.220 e. The number of carbonyl (C=O) groups is 1. The molecular weight excluding hydrogens is 695 g/mol. The van der Waals surface area contributed by atoms with E-state index >= 15 is 0 Å². The van der Waals surface area contributed by atoms with Gasteiger partial charge < -0.3 is 40.3 Å². The maximum atomic E-state index is 12.9. The van der Waals surface area contributed by atoms with Crippen LogP contribution in [0.25, 0.3) is 0 Å². The molecule has 0 aromatic rings. The first-order valence-electron chi connectivity index (χ1n) is 23.4. The van der Waals surface area contributed by atoms with Crippen molar-refractivity contribution in [2.75, 3.05) is 13.2 Å². The minimum absolute atomic E-state index is 0.174. The third kappa shape index (κ3) is 28.1. The van der Waals surface area contributed by atoms with Crippen molar-refractivity contribution >= 4 is 5.91 Å². The second kappa shape index (κ2) is 37.2. The van der Waals surface area contributed by atoms with Gasteiger partial charge in [0, 0.05) is 6.42 Å². The van der Waals surface area contributed by atoms with Gasteiger partial charge in [0.15, 0.2) is 6.29 Å². The SMILES string of the molecule is CCCCCCCCCCCC/C=C/[C@@H](O)[C@H](CO[C@@H]1O[C@H](CO)[C@@H](O)C(O)C1O)NC(=O)CCCCCCCCCCCCCCCCCCCCCC. The molecule has 1 rings (SSSR count). The van der Waals surface area contributed by atoms with Crippen molar-refractivity contribution in [1.29, 1.82) is 0 Å². The number of hydrogen-bond acceptors (Lipinski definition) is 8. The van der Waals surface area contributed by atoms with E-state index in [1.807, 2.05) is 6.08 Å². The zero-order valence-electron chi connectivity index (χ0n) is 35.7. The van der Waals surface area contributed by atoms with Crippen LogP contribution in [-0.4, -0.2) is 87.5 Å². The van der Waals surface area contributed by atoms with E-state index in [0.717, 1.165) is 38.5 Å². The van der Waals surface area contributed by atoms with Gasteiger partial charge in [-0.05, 0) is 19.3 Å². The first kappa shape index (κ1) is 51.9. The summed E-state index contributed by atoms with van der Waals surface area (Å²) < 4.78 is 11.2. The molecule has 0 radical (unpaired) electrons. The lowest BCUT2D eigenvalue weighted by Gasteiger charge is -2.40. The maximum absolute atomic E-state index is 12.9. The molecule has 1 fully saturated rings. The molecule has 9 nitrogen and oxygen atoms in total. The van der Waals surface area contributed by atoms with E-state index in [9.17, 15) is 30.3 Å². The van der Waals surface area contributed by atoms with Gasteiger partial charge in [0.2, 0.25) is 5.91 Å². The number of allylic oxidation sites excluding steroid dienone is 1. The summed E-state index contributed by atoms with van der Waals surface area (Å²) in [5, 5.41) is 54.1. The number of rotatable bonds is 39. The summed E-state index contributed by atoms with van der Waals surface area (Å²) in [6.07, 6.45) is 35.4. The third-order valence-corrected chi connectivity index (χ3v) is 11.4.